The van der Waals surface area contributed by atoms with Gasteiger partial charge in [-0.25, -0.2) is 9.98 Å². The molecular weight excluding hydrogens is 180 g/mol. The van der Waals surface area contributed by atoms with E-state index in [9.17, 15) is 4.79 Å². The van der Waals surface area contributed by atoms with Crippen molar-refractivity contribution in [3.8, 4) is 0 Å². The first-order valence-corrected chi connectivity index (χ1v) is 4.42. The summed E-state index contributed by atoms with van der Waals surface area (Å²) in [5, 5.41) is 0. The maximum atomic E-state index is 10.9. The molecule has 4 nitrogen and oxygen atoms in total. The van der Waals surface area contributed by atoms with E-state index in [2.05, 4.69) is 9.98 Å². The molecule has 0 atom stereocenters. The summed E-state index contributed by atoms with van der Waals surface area (Å²) >= 11 is 0. The first-order chi connectivity index (χ1) is 6.83. The molecule has 14 heavy (non-hydrogen) atoms. The number of hydrogen-bond acceptors (Lipinski definition) is 4. The summed E-state index contributed by atoms with van der Waals surface area (Å²) in [6.45, 7) is 2.17. The molecule has 0 unspecified atom stereocenters. The monoisotopic (exact) mass is 192 g/mol. The van der Waals surface area contributed by atoms with Crippen LogP contribution in [0.1, 0.15) is 13.3 Å². The second kappa shape index (κ2) is 5.85. The lowest BCUT2D eigenvalue weighted by Crippen LogP contribution is -2.03. The van der Waals surface area contributed by atoms with E-state index >= 15 is 0 Å². The fourth-order valence-electron chi connectivity index (χ4n) is 0.864. The second-order valence-electron chi connectivity index (χ2n) is 2.51. The molecule has 1 rings (SSSR count). The molecule has 0 saturated heterocycles. The number of pyridine rings is 1. The molecule has 0 aromatic carbocycles. The van der Waals surface area contributed by atoms with Crippen molar-refractivity contribution < 1.29 is 9.53 Å². The molecule has 0 aliphatic heterocycles. The van der Waals surface area contributed by atoms with Crippen molar-refractivity contribution in [3.05, 3.63) is 24.4 Å². The van der Waals surface area contributed by atoms with Gasteiger partial charge in [0.1, 0.15) is 0 Å². The molecule has 74 valence electrons. The number of carbonyl (C=O) groups is 1. The highest BCUT2D eigenvalue weighted by Crippen LogP contribution is 2.03. The first-order valence-electron chi connectivity index (χ1n) is 4.42. The molecule has 0 spiro atoms. The maximum absolute atomic E-state index is 10.9. The molecule has 0 saturated carbocycles. The summed E-state index contributed by atoms with van der Waals surface area (Å²) in [4.78, 5) is 18.9. The van der Waals surface area contributed by atoms with Gasteiger partial charge in [0.2, 0.25) is 0 Å². The maximum Gasteiger partial charge on any atom is 0.311 e. The van der Waals surface area contributed by atoms with Crippen LogP contribution in [0, 0.1) is 0 Å². The molecular formula is C10H12N2O2. The average Bonchev–Trinajstić information content (AvgIpc) is 2.20. The van der Waals surface area contributed by atoms with Crippen molar-refractivity contribution in [3.63, 3.8) is 0 Å². The van der Waals surface area contributed by atoms with Crippen LogP contribution in [-0.2, 0) is 9.53 Å². The van der Waals surface area contributed by atoms with Gasteiger partial charge in [0.15, 0.2) is 5.82 Å². The van der Waals surface area contributed by atoms with Gasteiger partial charge in [-0.05, 0) is 19.1 Å². The molecule has 1 aromatic rings. The molecule has 0 bridgehead atoms. The predicted octanol–water partition coefficient (Wildman–Crippen LogP) is 1.74. The van der Waals surface area contributed by atoms with Crippen molar-refractivity contribution in [1.29, 1.82) is 0 Å². The molecule has 0 radical (unpaired) electrons. The van der Waals surface area contributed by atoms with Crippen LogP contribution in [0.25, 0.3) is 0 Å². The SMILES string of the molecule is CCOC(=O)C/C=N\c1ccccn1. The highest BCUT2D eigenvalue weighted by atomic mass is 16.5. The van der Waals surface area contributed by atoms with Gasteiger partial charge in [0.05, 0.1) is 13.0 Å². The fraction of sp³-hybridized carbons (Fsp3) is 0.300. The Bertz CT molecular complexity index is 309. The zero-order chi connectivity index (χ0) is 10.2. The molecule has 4 heteroatoms. The Morgan fingerprint density at radius 1 is 1.64 bits per heavy atom. The number of aromatic nitrogens is 1. The lowest BCUT2D eigenvalue weighted by molar-refractivity contribution is -0.141. The Balaban J connectivity index is 2.38. The Labute approximate surface area is 82.6 Å². The van der Waals surface area contributed by atoms with Crippen molar-refractivity contribution in [2.45, 2.75) is 13.3 Å². The third kappa shape index (κ3) is 3.80. The van der Waals surface area contributed by atoms with Crippen LogP contribution in [0.4, 0.5) is 5.82 Å². The van der Waals surface area contributed by atoms with E-state index < -0.39 is 0 Å². The number of ether oxygens (including phenoxy) is 1. The minimum absolute atomic E-state index is 0.185. The quantitative estimate of drug-likeness (QED) is 0.539. The molecule has 1 aromatic heterocycles. The highest BCUT2D eigenvalue weighted by molar-refractivity contribution is 5.86. The summed E-state index contributed by atoms with van der Waals surface area (Å²) in [6.07, 6.45) is 3.34. The molecule has 0 aliphatic carbocycles. The zero-order valence-corrected chi connectivity index (χ0v) is 8.01. The number of rotatable bonds is 4. The van der Waals surface area contributed by atoms with Crippen LogP contribution in [0.5, 0.6) is 0 Å². The van der Waals surface area contributed by atoms with Crippen LogP contribution >= 0.6 is 0 Å². The Morgan fingerprint density at radius 2 is 2.50 bits per heavy atom. The molecule has 1 heterocycles. The first kappa shape index (κ1) is 10.4. The summed E-state index contributed by atoms with van der Waals surface area (Å²) in [6, 6.07) is 5.41. The van der Waals surface area contributed by atoms with E-state index in [1.165, 1.54) is 6.21 Å². The summed E-state index contributed by atoms with van der Waals surface area (Å²) in [7, 11) is 0. The van der Waals surface area contributed by atoms with Gasteiger partial charge < -0.3 is 4.74 Å². The average molecular weight is 192 g/mol. The Morgan fingerprint density at radius 3 is 3.14 bits per heavy atom. The van der Waals surface area contributed by atoms with Gasteiger partial charge in [-0.2, -0.15) is 0 Å². The van der Waals surface area contributed by atoms with Gasteiger partial charge in [0.25, 0.3) is 0 Å². The summed E-state index contributed by atoms with van der Waals surface area (Å²) in [5.41, 5.74) is 0. The van der Waals surface area contributed by atoms with Crippen molar-refractivity contribution in [2.24, 2.45) is 4.99 Å². The largest absolute Gasteiger partial charge is 0.466 e. The van der Waals surface area contributed by atoms with Gasteiger partial charge in [-0.3, -0.25) is 4.79 Å². The number of carbonyl (C=O) groups excluding carboxylic acids is 1. The third-order valence-corrected chi connectivity index (χ3v) is 1.44. The standard InChI is InChI=1S/C10H12N2O2/c1-2-14-10(13)6-8-12-9-5-3-4-7-11-9/h3-5,7-8H,2,6H2,1H3/b12-8-. The zero-order valence-electron chi connectivity index (χ0n) is 8.01. The van der Waals surface area contributed by atoms with Gasteiger partial charge in [-0.15, -0.1) is 0 Å². The predicted molar refractivity (Wildman–Crippen MR) is 53.6 cm³/mol. The van der Waals surface area contributed by atoms with Crippen LogP contribution in [0.2, 0.25) is 0 Å². The number of nitrogens with zero attached hydrogens (tertiary/aromatic N) is 2. The van der Waals surface area contributed by atoms with Crippen LogP contribution in [0.15, 0.2) is 29.4 Å². The minimum atomic E-state index is -0.271. The molecule has 0 amide bonds. The number of hydrogen-bond donors (Lipinski definition) is 0. The van der Waals surface area contributed by atoms with E-state index in [0.717, 1.165) is 0 Å². The van der Waals surface area contributed by atoms with Gasteiger partial charge in [0, 0.05) is 12.4 Å². The molecule has 0 N–H and O–H groups in total. The normalized spacial score (nSPS) is 10.4. The van der Waals surface area contributed by atoms with Gasteiger partial charge in [-0.1, -0.05) is 6.07 Å². The van der Waals surface area contributed by atoms with Crippen molar-refractivity contribution in [2.75, 3.05) is 6.61 Å². The van der Waals surface area contributed by atoms with E-state index in [-0.39, 0.29) is 12.4 Å². The highest BCUT2D eigenvalue weighted by Gasteiger charge is 1.96. The van der Waals surface area contributed by atoms with E-state index in [1.54, 1.807) is 19.2 Å². The van der Waals surface area contributed by atoms with E-state index in [0.29, 0.717) is 12.4 Å². The van der Waals surface area contributed by atoms with E-state index in [4.69, 9.17) is 4.74 Å². The van der Waals surface area contributed by atoms with Crippen molar-refractivity contribution >= 4 is 18.0 Å². The van der Waals surface area contributed by atoms with Gasteiger partial charge >= 0.3 is 5.97 Å². The lowest BCUT2D eigenvalue weighted by Gasteiger charge is -1.96. The minimum Gasteiger partial charge on any atom is -0.466 e. The molecule has 0 aliphatic rings. The fourth-order valence-corrected chi connectivity index (χ4v) is 0.864. The van der Waals surface area contributed by atoms with Crippen LogP contribution < -0.4 is 0 Å². The number of esters is 1. The third-order valence-electron chi connectivity index (χ3n) is 1.44. The summed E-state index contributed by atoms with van der Waals surface area (Å²) in [5.74, 6) is 0.323. The van der Waals surface area contributed by atoms with Crippen molar-refractivity contribution in [1.82, 2.24) is 4.98 Å². The Hall–Kier alpha value is -1.71. The number of aliphatic imine (C=N–C) groups is 1. The van der Waals surface area contributed by atoms with Crippen LogP contribution in [-0.4, -0.2) is 23.8 Å². The summed E-state index contributed by atoms with van der Waals surface area (Å²) < 4.78 is 4.73. The smallest absolute Gasteiger partial charge is 0.311 e. The topological polar surface area (TPSA) is 51.5 Å². The lowest BCUT2D eigenvalue weighted by atomic mass is 10.4. The molecule has 0 fully saturated rings. The van der Waals surface area contributed by atoms with Crippen LogP contribution in [0.3, 0.4) is 0 Å². The Kier molecular flexibility index (Phi) is 4.34. The van der Waals surface area contributed by atoms with E-state index in [1.807, 2.05) is 12.1 Å². The second-order valence-corrected chi connectivity index (χ2v) is 2.51.